The Morgan fingerprint density at radius 1 is 0.929 bits per heavy atom. The van der Waals surface area contributed by atoms with Crippen molar-refractivity contribution in [2.75, 3.05) is 13.1 Å². The molecule has 0 bridgehead atoms. The Balaban J connectivity index is 0. The van der Waals surface area contributed by atoms with E-state index in [0.717, 1.165) is 17.6 Å². The van der Waals surface area contributed by atoms with Crippen LogP contribution in [0.3, 0.4) is 0 Å². The third kappa shape index (κ3) is 3.47. The van der Waals surface area contributed by atoms with Crippen LogP contribution in [-0.4, -0.2) is 29.7 Å². The summed E-state index contributed by atoms with van der Waals surface area (Å²) in [5.74, 6) is 0. The molecular formula is C12H24ClN. The lowest BCUT2D eigenvalue weighted by molar-refractivity contribution is -0.956. The van der Waals surface area contributed by atoms with Gasteiger partial charge in [-0.05, 0) is 39.8 Å². The Labute approximate surface area is 95.5 Å². The van der Waals surface area contributed by atoms with Gasteiger partial charge in [0.2, 0.25) is 0 Å². The van der Waals surface area contributed by atoms with E-state index in [9.17, 15) is 0 Å². The molecule has 14 heavy (non-hydrogen) atoms. The zero-order valence-corrected chi connectivity index (χ0v) is 10.7. The average Bonchev–Trinajstić information content (AvgIpc) is 2.03. The van der Waals surface area contributed by atoms with Crippen molar-refractivity contribution in [3.05, 3.63) is 25.3 Å². The molecule has 0 aromatic heterocycles. The fraction of sp³-hybridized carbons (Fsp3) is 0.667. The summed E-state index contributed by atoms with van der Waals surface area (Å²) in [4.78, 5) is 0. The van der Waals surface area contributed by atoms with E-state index in [-0.39, 0.29) is 12.4 Å². The molecule has 0 radical (unpaired) electrons. The van der Waals surface area contributed by atoms with E-state index in [2.05, 4.69) is 40.9 Å². The highest BCUT2D eigenvalue weighted by Gasteiger charge is 2.31. The van der Waals surface area contributed by atoms with E-state index in [1.165, 1.54) is 0 Å². The van der Waals surface area contributed by atoms with E-state index >= 15 is 0 Å². The first kappa shape index (κ1) is 16.2. The minimum absolute atomic E-state index is 0. The van der Waals surface area contributed by atoms with E-state index in [1.54, 1.807) is 0 Å². The molecule has 0 amide bonds. The number of nitrogens with zero attached hydrogens (tertiary/aromatic N) is 1. The van der Waals surface area contributed by atoms with Crippen LogP contribution in [0.2, 0.25) is 0 Å². The molecule has 0 fully saturated rings. The number of quaternary nitrogens is 1. The first-order valence-electron chi connectivity index (χ1n) is 5.09. The van der Waals surface area contributed by atoms with Crippen LogP contribution in [0.25, 0.3) is 0 Å². The minimum atomic E-state index is 0. The summed E-state index contributed by atoms with van der Waals surface area (Å²) in [7, 11) is 0. The van der Waals surface area contributed by atoms with Crippen LogP contribution in [-0.2, 0) is 0 Å². The van der Waals surface area contributed by atoms with Gasteiger partial charge in [-0.25, -0.2) is 0 Å². The van der Waals surface area contributed by atoms with Crippen molar-refractivity contribution >= 4 is 0 Å². The van der Waals surface area contributed by atoms with Gasteiger partial charge in [0.25, 0.3) is 0 Å². The topological polar surface area (TPSA) is 0 Å². The Kier molecular flexibility index (Phi) is 8.18. The maximum Gasteiger partial charge on any atom is 0.0977 e. The van der Waals surface area contributed by atoms with Crippen LogP contribution in [0.5, 0.6) is 0 Å². The van der Waals surface area contributed by atoms with Gasteiger partial charge in [0.15, 0.2) is 0 Å². The first-order valence-corrected chi connectivity index (χ1v) is 5.09. The monoisotopic (exact) mass is 217 g/mol. The summed E-state index contributed by atoms with van der Waals surface area (Å²) in [6.07, 6.45) is 4.03. The Hall–Kier alpha value is -0.270. The predicted octanol–water partition coefficient (Wildman–Crippen LogP) is -0.00400. The van der Waals surface area contributed by atoms with Crippen LogP contribution in [0.4, 0.5) is 0 Å². The Morgan fingerprint density at radius 2 is 1.21 bits per heavy atom. The molecule has 0 aliphatic heterocycles. The van der Waals surface area contributed by atoms with Gasteiger partial charge in [0.05, 0.1) is 25.2 Å². The van der Waals surface area contributed by atoms with Gasteiger partial charge in [0, 0.05) is 0 Å². The van der Waals surface area contributed by atoms with Crippen molar-refractivity contribution in [3.8, 4) is 0 Å². The molecule has 0 aromatic carbocycles. The number of hydrogen-bond acceptors (Lipinski definition) is 0. The third-order valence-electron chi connectivity index (χ3n) is 2.99. The minimum Gasteiger partial charge on any atom is -1.00 e. The lowest BCUT2D eigenvalue weighted by Crippen LogP contribution is -3.00. The van der Waals surface area contributed by atoms with E-state index in [4.69, 9.17) is 0 Å². The van der Waals surface area contributed by atoms with Crippen molar-refractivity contribution in [1.29, 1.82) is 0 Å². The van der Waals surface area contributed by atoms with Crippen LogP contribution in [0, 0.1) is 0 Å². The SMILES string of the molecule is C=CC[N+](CC=C)(C(C)C)C(C)C.[Cl-]. The highest BCUT2D eigenvalue weighted by atomic mass is 35.5. The number of hydrogen-bond donors (Lipinski definition) is 0. The maximum atomic E-state index is 3.84. The molecule has 0 aliphatic rings. The Morgan fingerprint density at radius 3 is 1.36 bits per heavy atom. The van der Waals surface area contributed by atoms with Crippen LogP contribution < -0.4 is 12.4 Å². The molecule has 0 aliphatic carbocycles. The predicted molar refractivity (Wildman–Crippen MR) is 60.7 cm³/mol. The molecule has 0 spiro atoms. The molecule has 0 N–H and O–H groups in total. The highest BCUT2D eigenvalue weighted by molar-refractivity contribution is 4.74. The summed E-state index contributed by atoms with van der Waals surface area (Å²) < 4.78 is 1.06. The molecule has 0 saturated carbocycles. The lowest BCUT2D eigenvalue weighted by Gasteiger charge is -2.44. The molecule has 0 rings (SSSR count). The van der Waals surface area contributed by atoms with Gasteiger partial charge in [-0.2, -0.15) is 0 Å². The van der Waals surface area contributed by atoms with Crippen molar-refractivity contribution in [1.82, 2.24) is 0 Å². The second-order valence-corrected chi connectivity index (χ2v) is 4.23. The molecule has 0 aromatic rings. The van der Waals surface area contributed by atoms with E-state index in [1.807, 2.05) is 12.2 Å². The smallest absolute Gasteiger partial charge is 0.0977 e. The van der Waals surface area contributed by atoms with Gasteiger partial charge < -0.3 is 16.9 Å². The fourth-order valence-corrected chi connectivity index (χ4v) is 1.99. The summed E-state index contributed by atoms with van der Waals surface area (Å²) in [6, 6.07) is 1.24. The third-order valence-corrected chi connectivity index (χ3v) is 2.99. The Bertz CT molecular complexity index is 153. The summed E-state index contributed by atoms with van der Waals surface area (Å²) in [5.41, 5.74) is 0. The van der Waals surface area contributed by atoms with Crippen molar-refractivity contribution in [2.24, 2.45) is 0 Å². The second-order valence-electron chi connectivity index (χ2n) is 4.23. The number of halogens is 1. The van der Waals surface area contributed by atoms with Gasteiger partial charge in [-0.1, -0.05) is 13.2 Å². The zero-order valence-electron chi connectivity index (χ0n) is 9.96. The standard InChI is InChI=1S/C12H24N.ClH/c1-7-9-13(10-8-2,11(3)4)12(5)6;/h7-8,11-12H,1-2,9-10H2,3-6H3;1H/q+1;/p-1. The van der Waals surface area contributed by atoms with Gasteiger partial charge in [0.1, 0.15) is 0 Å². The molecule has 0 unspecified atom stereocenters. The molecule has 84 valence electrons. The number of rotatable bonds is 6. The van der Waals surface area contributed by atoms with E-state index < -0.39 is 0 Å². The molecule has 0 heterocycles. The molecule has 1 nitrogen and oxygen atoms in total. The van der Waals surface area contributed by atoms with Gasteiger partial charge in [-0.15, -0.1) is 0 Å². The molecular weight excluding hydrogens is 194 g/mol. The van der Waals surface area contributed by atoms with Gasteiger partial charge in [-0.3, -0.25) is 0 Å². The second kappa shape index (κ2) is 7.08. The van der Waals surface area contributed by atoms with E-state index in [0.29, 0.717) is 12.1 Å². The van der Waals surface area contributed by atoms with Crippen LogP contribution in [0.1, 0.15) is 27.7 Å². The zero-order chi connectivity index (χ0) is 10.5. The molecule has 0 atom stereocenters. The fourth-order valence-electron chi connectivity index (χ4n) is 1.99. The van der Waals surface area contributed by atoms with Crippen molar-refractivity contribution < 1.29 is 16.9 Å². The lowest BCUT2D eigenvalue weighted by atomic mass is 10.1. The summed E-state index contributed by atoms with van der Waals surface area (Å²) in [5, 5.41) is 0. The maximum absolute atomic E-state index is 3.84. The average molecular weight is 218 g/mol. The highest BCUT2D eigenvalue weighted by Crippen LogP contribution is 2.19. The quantitative estimate of drug-likeness (QED) is 0.434. The van der Waals surface area contributed by atoms with Gasteiger partial charge >= 0.3 is 0 Å². The van der Waals surface area contributed by atoms with Crippen molar-refractivity contribution in [3.63, 3.8) is 0 Å². The molecule has 0 saturated heterocycles. The summed E-state index contributed by atoms with van der Waals surface area (Å²) in [6.45, 7) is 18.8. The van der Waals surface area contributed by atoms with Crippen molar-refractivity contribution in [2.45, 2.75) is 39.8 Å². The first-order chi connectivity index (χ1) is 6.01. The molecule has 2 heteroatoms. The normalized spacial score (nSPS) is 11.3. The van der Waals surface area contributed by atoms with Crippen LogP contribution >= 0.6 is 0 Å². The van der Waals surface area contributed by atoms with Crippen LogP contribution in [0.15, 0.2) is 25.3 Å². The largest absolute Gasteiger partial charge is 1.00 e. The summed E-state index contributed by atoms with van der Waals surface area (Å²) >= 11 is 0.